The van der Waals surface area contributed by atoms with Gasteiger partial charge in [0.15, 0.2) is 0 Å². The van der Waals surface area contributed by atoms with Gasteiger partial charge in [0.1, 0.15) is 0 Å². The van der Waals surface area contributed by atoms with E-state index < -0.39 is 0 Å². The van der Waals surface area contributed by atoms with Gasteiger partial charge in [-0.3, -0.25) is 0 Å². The quantitative estimate of drug-likeness (QED) is 0.144. The highest BCUT2D eigenvalue weighted by Crippen LogP contribution is 1.93. The standard InChI is InChI=1S/C22H44O8/c1-3-5-6-8-24-10-12-26-14-16-28-18-20-30-22-21-29-19-17-27-15-13-25-11-9-23-7-4-2/h4H,2-3,5-22H2,1H3. The molecule has 0 aliphatic heterocycles. The van der Waals surface area contributed by atoms with Gasteiger partial charge in [0.05, 0.1) is 99.1 Å². The van der Waals surface area contributed by atoms with E-state index in [0.29, 0.717) is 99.1 Å². The summed E-state index contributed by atoms with van der Waals surface area (Å²) in [5, 5.41) is 0. The summed E-state index contributed by atoms with van der Waals surface area (Å²) in [7, 11) is 0. The molecule has 0 aliphatic carbocycles. The molecular formula is C22H44O8. The Morgan fingerprint density at radius 1 is 0.433 bits per heavy atom. The van der Waals surface area contributed by atoms with Gasteiger partial charge in [-0.1, -0.05) is 25.8 Å². The van der Waals surface area contributed by atoms with Crippen LogP contribution >= 0.6 is 0 Å². The lowest BCUT2D eigenvalue weighted by molar-refractivity contribution is -0.0226. The third kappa shape index (κ3) is 27.4. The summed E-state index contributed by atoms with van der Waals surface area (Å²) < 4.78 is 43.1. The van der Waals surface area contributed by atoms with Crippen LogP contribution in [0, 0.1) is 0 Å². The summed E-state index contributed by atoms with van der Waals surface area (Å²) in [5.74, 6) is 0. The van der Waals surface area contributed by atoms with Crippen molar-refractivity contribution >= 4 is 0 Å². The smallest absolute Gasteiger partial charge is 0.0704 e. The number of hydrogen-bond acceptors (Lipinski definition) is 8. The molecule has 0 aromatic rings. The molecule has 30 heavy (non-hydrogen) atoms. The van der Waals surface area contributed by atoms with E-state index in [-0.39, 0.29) is 0 Å². The lowest BCUT2D eigenvalue weighted by atomic mass is 10.3. The molecule has 0 rings (SSSR count). The molecule has 0 aliphatic rings. The van der Waals surface area contributed by atoms with Crippen LogP contribution < -0.4 is 0 Å². The first-order chi connectivity index (χ1) is 14.9. The van der Waals surface area contributed by atoms with Crippen LogP contribution in [0.15, 0.2) is 12.7 Å². The largest absolute Gasteiger partial charge is 0.379 e. The summed E-state index contributed by atoms with van der Waals surface area (Å²) in [6, 6.07) is 0. The minimum absolute atomic E-state index is 0.544. The monoisotopic (exact) mass is 436 g/mol. The first kappa shape index (κ1) is 29.4. The summed E-state index contributed by atoms with van der Waals surface area (Å²) in [6.07, 6.45) is 5.28. The van der Waals surface area contributed by atoms with Crippen LogP contribution in [0.2, 0.25) is 0 Å². The van der Waals surface area contributed by atoms with Crippen molar-refractivity contribution in [2.24, 2.45) is 0 Å². The Labute approximate surface area is 183 Å². The van der Waals surface area contributed by atoms with E-state index >= 15 is 0 Å². The molecule has 0 saturated heterocycles. The van der Waals surface area contributed by atoms with Crippen LogP contribution in [0.25, 0.3) is 0 Å². The summed E-state index contributed by atoms with van der Waals surface area (Å²) in [6.45, 7) is 15.1. The summed E-state index contributed by atoms with van der Waals surface area (Å²) >= 11 is 0. The maximum Gasteiger partial charge on any atom is 0.0704 e. The normalized spacial score (nSPS) is 11.2. The second kappa shape index (κ2) is 28.4. The van der Waals surface area contributed by atoms with Gasteiger partial charge in [-0.15, -0.1) is 6.58 Å². The van der Waals surface area contributed by atoms with Crippen molar-refractivity contribution in [2.45, 2.75) is 26.2 Å². The van der Waals surface area contributed by atoms with Crippen LogP contribution in [0.3, 0.4) is 0 Å². The highest BCUT2D eigenvalue weighted by Gasteiger charge is 1.95. The Morgan fingerprint density at radius 3 is 1.03 bits per heavy atom. The Morgan fingerprint density at radius 2 is 0.733 bits per heavy atom. The Hall–Kier alpha value is -0.580. The molecule has 0 fully saturated rings. The van der Waals surface area contributed by atoms with Crippen molar-refractivity contribution in [2.75, 3.05) is 106 Å². The fraction of sp³-hybridized carbons (Fsp3) is 0.909. The van der Waals surface area contributed by atoms with Crippen molar-refractivity contribution in [3.63, 3.8) is 0 Å². The molecule has 0 aromatic heterocycles. The molecule has 8 nitrogen and oxygen atoms in total. The average Bonchev–Trinajstić information content (AvgIpc) is 2.76. The molecule has 0 bridgehead atoms. The van der Waals surface area contributed by atoms with E-state index in [9.17, 15) is 0 Å². The first-order valence-electron chi connectivity index (χ1n) is 11.1. The van der Waals surface area contributed by atoms with Crippen molar-refractivity contribution in [3.05, 3.63) is 12.7 Å². The first-order valence-corrected chi connectivity index (χ1v) is 11.1. The second-order valence-corrected chi connectivity index (χ2v) is 6.36. The Kier molecular flexibility index (Phi) is 27.9. The molecule has 0 atom stereocenters. The minimum Gasteiger partial charge on any atom is -0.379 e. The summed E-state index contributed by atoms with van der Waals surface area (Å²) in [5.41, 5.74) is 0. The Bertz CT molecular complexity index is 318. The number of unbranched alkanes of at least 4 members (excludes halogenated alkanes) is 2. The molecule has 0 unspecified atom stereocenters. The number of rotatable bonds is 27. The molecule has 0 heterocycles. The fourth-order valence-electron chi connectivity index (χ4n) is 2.16. The van der Waals surface area contributed by atoms with Gasteiger partial charge >= 0.3 is 0 Å². The van der Waals surface area contributed by atoms with Crippen LogP contribution in [0.5, 0.6) is 0 Å². The van der Waals surface area contributed by atoms with E-state index in [4.69, 9.17) is 37.9 Å². The van der Waals surface area contributed by atoms with E-state index in [1.807, 2.05) is 0 Å². The van der Waals surface area contributed by atoms with Gasteiger partial charge < -0.3 is 37.9 Å². The van der Waals surface area contributed by atoms with Crippen LogP contribution in [0.1, 0.15) is 26.2 Å². The molecule has 8 heteroatoms. The zero-order valence-electron chi connectivity index (χ0n) is 19.0. The average molecular weight is 437 g/mol. The van der Waals surface area contributed by atoms with Gasteiger partial charge in [-0.25, -0.2) is 0 Å². The highest BCUT2D eigenvalue weighted by atomic mass is 16.6. The molecule has 0 N–H and O–H groups in total. The van der Waals surface area contributed by atoms with Crippen molar-refractivity contribution in [1.82, 2.24) is 0 Å². The SMILES string of the molecule is C=CCOCCOCCOCCOCCOCCOCCOCCOCCCCC. The van der Waals surface area contributed by atoms with E-state index in [1.165, 1.54) is 12.8 Å². The topological polar surface area (TPSA) is 73.8 Å². The molecule has 0 saturated carbocycles. The molecule has 0 spiro atoms. The zero-order valence-corrected chi connectivity index (χ0v) is 19.0. The van der Waals surface area contributed by atoms with Crippen molar-refractivity contribution in [3.8, 4) is 0 Å². The molecule has 0 amide bonds. The molecule has 0 aromatic carbocycles. The van der Waals surface area contributed by atoms with Crippen molar-refractivity contribution < 1.29 is 37.9 Å². The molecule has 0 radical (unpaired) electrons. The van der Waals surface area contributed by atoms with Gasteiger partial charge in [-0.05, 0) is 6.42 Å². The fourth-order valence-corrected chi connectivity index (χ4v) is 2.16. The highest BCUT2D eigenvalue weighted by molar-refractivity contribution is 4.63. The van der Waals surface area contributed by atoms with Gasteiger partial charge in [0.2, 0.25) is 0 Å². The predicted molar refractivity (Wildman–Crippen MR) is 116 cm³/mol. The molecular weight excluding hydrogens is 392 g/mol. The van der Waals surface area contributed by atoms with Gasteiger partial charge in [0, 0.05) is 6.61 Å². The Balaban J connectivity index is 2.98. The van der Waals surface area contributed by atoms with Crippen LogP contribution in [-0.2, 0) is 37.9 Å². The van der Waals surface area contributed by atoms with Crippen molar-refractivity contribution in [1.29, 1.82) is 0 Å². The minimum atomic E-state index is 0.544. The van der Waals surface area contributed by atoms with Crippen LogP contribution in [0.4, 0.5) is 0 Å². The summed E-state index contributed by atoms with van der Waals surface area (Å²) in [4.78, 5) is 0. The van der Waals surface area contributed by atoms with Crippen LogP contribution in [-0.4, -0.2) is 106 Å². The maximum absolute atomic E-state index is 5.46. The number of ether oxygens (including phenoxy) is 8. The number of hydrogen-bond donors (Lipinski definition) is 0. The third-order valence-electron chi connectivity index (χ3n) is 3.73. The van der Waals surface area contributed by atoms with E-state index in [1.54, 1.807) is 6.08 Å². The van der Waals surface area contributed by atoms with E-state index in [0.717, 1.165) is 13.0 Å². The lowest BCUT2D eigenvalue weighted by Gasteiger charge is -2.08. The zero-order chi connectivity index (χ0) is 21.8. The maximum atomic E-state index is 5.46. The lowest BCUT2D eigenvalue weighted by Crippen LogP contribution is -2.15. The third-order valence-corrected chi connectivity index (χ3v) is 3.73. The predicted octanol–water partition coefficient (Wildman–Crippen LogP) is 2.50. The van der Waals surface area contributed by atoms with Gasteiger partial charge in [0.25, 0.3) is 0 Å². The molecule has 180 valence electrons. The van der Waals surface area contributed by atoms with Gasteiger partial charge in [-0.2, -0.15) is 0 Å². The second-order valence-electron chi connectivity index (χ2n) is 6.36. The van der Waals surface area contributed by atoms with E-state index in [2.05, 4.69) is 13.5 Å².